The SMILES string of the molecule is CC(C)C1=C2[C@H]3CCC4[C@@]5(C)CC[C@H](OC(=O)CC(C)(C)C(=O)O)C(C)(C)C5CC[C@@]4(C)[C@]3(C)CCC2(CCC(=O)NC2(c3ncc(Cl)cn3)CC2)CC1=O. The molecule has 0 bridgehead atoms. The third-order valence-corrected chi connectivity index (χ3v) is 17.2. The number of aliphatic carboxylic acids is 1. The van der Waals surface area contributed by atoms with Crippen molar-refractivity contribution in [1.82, 2.24) is 15.3 Å². The number of allylic oxidation sites excluding steroid dienone is 2. The molecule has 1 aromatic heterocycles. The van der Waals surface area contributed by atoms with Crippen molar-refractivity contribution in [3.05, 3.63) is 34.4 Å². The molecule has 0 radical (unpaired) electrons. The number of fused-ring (bicyclic) bond motifs is 7. The highest BCUT2D eigenvalue weighted by atomic mass is 35.5. The van der Waals surface area contributed by atoms with Crippen LogP contribution in [0.4, 0.5) is 0 Å². The Labute approximate surface area is 333 Å². The van der Waals surface area contributed by atoms with Gasteiger partial charge in [-0.05, 0) is 135 Å². The highest BCUT2D eigenvalue weighted by molar-refractivity contribution is 6.30. The number of Topliss-reactive ketones (excluding diaryl/α,β-unsaturated/α-hetero) is 1. The first-order valence-electron chi connectivity index (χ1n) is 21.0. The number of ether oxygens (including phenoxy) is 1. The number of ketones is 1. The zero-order chi connectivity index (χ0) is 40.1. The van der Waals surface area contributed by atoms with Gasteiger partial charge in [0.15, 0.2) is 11.6 Å². The molecule has 55 heavy (non-hydrogen) atoms. The molecule has 0 spiro atoms. The zero-order valence-electron chi connectivity index (χ0n) is 34.7. The molecule has 1 aromatic rings. The van der Waals surface area contributed by atoms with Crippen molar-refractivity contribution in [2.45, 2.75) is 164 Å². The summed E-state index contributed by atoms with van der Waals surface area (Å²) in [7, 11) is 0. The number of hydrogen-bond donors (Lipinski definition) is 2. The number of esters is 1. The highest BCUT2D eigenvalue weighted by Crippen LogP contribution is 2.77. The normalized spacial score (nSPS) is 37.3. The first kappa shape index (κ1) is 40.4. The third kappa shape index (κ3) is 6.30. The number of nitrogens with zero attached hydrogens (tertiary/aromatic N) is 2. The first-order chi connectivity index (χ1) is 25.6. The van der Waals surface area contributed by atoms with Crippen LogP contribution in [0.1, 0.15) is 158 Å². The molecule has 7 rings (SSSR count). The Morgan fingerprint density at radius 3 is 2.22 bits per heavy atom. The van der Waals surface area contributed by atoms with Crippen molar-refractivity contribution in [1.29, 1.82) is 0 Å². The maximum absolute atomic E-state index is 14.1. The van der Waals surface area contributed by atoms with Crippen molar-refractivity contribution in [2.75, 3.05) is 0 Å². The second-order valence-electron chi connectivity index (χ2n) is 21.0. The number of carboxylic acids is 1. The van der Waals surface area contributed by atoms with Gasteiger partial charge in [0, 0.05) is 30.7 Å². The summed E-state index contributed by atoms with van der Waals surface area (Å²) in [6.45, 7) is 19.7. The van der Waals surface area contributed by atoms with E-state index in [4.69, 9.17) is 16.3 Å². The predicted octanol–water partition coefficient (Wildman–Crippen LogP) is 9.41. The fourth-order valence-electron chi connectivity index (χ4n) is 13.6. The van der Waals surface area contributed by atoms with Gasteiger partial charge in [-0.1, -0.05) is 65.6 Å². The monoisotopic (exact) mass is 777 g/mol. The lowest BCUT2D eigenvalue weighted by Gasteiger charge is -2.72. The number of carbonyl (C=O) groups is 4. The number of amides is 1. The summed E-state index contributed by atoms with van der Waals surface area (Å²) in [5, 5.41) is 13.4. The number of aromatic nitrogens is 2. The van der Waals surface area contributed by atoms with Gasteiger partial charge in [-0.2, -0.15) is 0 Å². The Hall–Kier alpha value is -2.81. The van der Waals surface area contributed by atoms with Gasteiger partial charge in [0.2, 0.25) is 5.91 Å². The number of halogens is 1. The van der Waals surface area contributed by atoms with Crippen molar-refractivity contribution in [3.63, 3.8) is 0 Å². The minimum atomic E-state index is -1.17. The predicted molar refractivity (Wildman–Crippen MR) is 211 cm³/mol. The van der Waals surface area contributed by atoms with Crippen LogP contribution in [0.2, 0.25) is 5.02 Å². The van der Waals surface area contributed by atoms with Gasteiger partial charge < -0.3 is 15.2 Å². The van der Waals surface area contributed by atoms with Crippen LogP contribution < -0.4 is 5.32 Å². The maximum atomic E-state index is 14.1. The Morgan fingerprint density at radius 1 is 0.927 bits per heavy atom. The fraction of sp³-hybridized carbons (Fsp3) is 0.778. The van der Waals surface area contributed by atoms with E-state index < -0.39 is 22.9 Å². The van der Waals surface area contributed by atoms with E-state index in [1.54, 1.807) is 26.2 Å². The maximum Gasteiger partial charge on any atom is 0.309 e. The fourth-order valence-corrected chi connectivity index (χ4v) is 13.7. The molecule has 0 aromatic carbocycles. The summed E-state index contributed by atoms with van der Waals surface area (Å²) in [4.78, 5) is 61.5. The molecule has 8 atom stereocenters. The van der Waals surface area contributed by atoms with Crippen molar-refractivity contribution >= 4 is 35.2 Å². The number of hydrogen-bond acceptors (Lipinski definition) is 7. The highest BCUT2D eigenvalue weighted by Gasteiger charge is 2.70. The molecule has 10 heteroatoms. The summed E-state index contributed by atoms with van der Waals surface area (Å²) >= 11 is 6.04. The van der Waals surface area contributed by atoms with Crippen LogP contribution in [-0.4, -0.2) is 44.8 Å². The van der Waals surface area contributed by atoms with Crippen LogP contribution in [0.3, 0.4) is 0 Å². The van der Waals surface area contributed by atoms with Crippen LogP contribution in [0.5, 0.6) is 0 Å². The molecular formula is C45H64ClN3O6. The second-order valence-corrected chi connectivity index (χ2v) is 21.5. The van der Waals surface area contributed by atoms with Gasteiger partial charge in [0.05, 0.1) is 22.4 Å². The van der Waals surface area contributed by atoms with Crippen LogP contribution in [0.15, 0.2) is 23.5 Å². The molecular weight excluding hydrogens is 714 g/mol. The van der Waals surface area contributed by atoms with Gasteiger partial charge in [0.1, 0.15) is 6.10 Å². The van der Waals surface area contributed by atoms with Crippen LogP contribution in [-0.2, 0) is 29.5 Å². The Morgan fingerprint density at radius 2 is 1.60 bits per heavy atom. The lowest BCUT2D eigenvalue weighted by molar-refractivity contribution is -0.233. The van der Waals surface area contributed by atoms with Gasteiger partial charge in [0.25, 0.3) is 0 Å². The van der Waals surface area contributed by atoms with E-state index in [1.807, 2.05) is 0 Å². The lowest BCUT2D eigenvalue weighted by atomic mass is 9.33. The van der Waals surface area contributed by atoms with Crippen LogP contribution >= 0.6 is 11.6 Å². The standard InChI is InChI=1S/C45H64ClN3O6/c1-26(2)35-29(50)22-44(17-14-33(51)49-45(20-21-45)37-47-24-27(46)25-48-37)19-18-42(8)28(36(35)44)10-11-31-41(7)15-13-32(55-34(52)23-39(3,4)38(53)54)40(5,6)30(41)12-16-43(31,42)9/h24-26,28,30-32H,10-23H2,1-9H3,(H,49,51)(H,53,54)/t28-,30?,31?,32+,41+,42-,43-,44?/m1/s1. The van der Waals surface area contributed by atoms with Crippen molar-refractivity contribution in [2.24, 2.45) is 56.2 Å². The molecule has 6 aliphatic carbocycles. The summed E-state index contributed by atoms with van der Waals surface area (Å²) < 4.78 is 6.17. The molecule has 9 nitrogen and oxygen atoms in total. The van der Waals surface area contributed by atoms with E-state index in [9.17, 15) is 24.3 Å². The Kier molecular flexibility index (Phi) is 9.82. The number of carbonyl (C=O) groups excluding carboxylic acids is 3. The topological polar surface area (TPSA) is 136 Å². The van der Waals surface area contributed by atoms with Crippen LogP contribution in [0.25, 0.3) is 0 Å². The molecule has 5 fully saturated rings. The molecule has 6 aliphatic rings. The van der Waals surface area contributed by atoms with E-state index >= 15 is 0 Å². The van der Waals surface area contributed by atoms with E-state index in [0.717, 1.165) is 69.8 Å². The number of carboxylic acid groups (broad SMARTS) is 1. The zero-order valence-corrected chi connectivity index (χ0v) is 35.5. The summed E-state index contributed by atoms with van der Waals surface area (Å²) in [5.41, 5.74) is 0.348. The smallest absolute Gasteiger partial charge is 0.309 e. The van der Waals surface area contributed by atoms with E-state index in [-0.39, 0.29) is 57.2 Å². The number of rotatable bonds is 10. The number of nitrogens with one attached hydrogen (secondary N) is 1. The Bertz CT molecular complexity index is 1800. The van der Waals surface area contributed by atoms with Gasteiger partial charge in [-0.25, -0.2) is 9.97 Å². The molecule has 1 amide bonds. The minimum Gasteiger partial charge on any atom is -0.481 e. The molecule has 302 valence electrons. The van der Waals surface area contributed by atoms with Crippen molar-refractivity contribution in [3.8, 4) is 0 Å². The summed E-state index contributed by atoms with van der Waals surface area (Å²) in [6, 6.07) is 0. The molecule has 0 saturated heterocycles. The largest absolute Gasteiger partial charge is 0.481 e. The molecule has 0 aliphatic heterocycles. The second kappa shape index (κ2) is 13.4. The first-order valence-corrected chi connectivity index (χ1v) is 21.4. The Balaban J connectivity index is 1.12. The van der Waals surface area contributed by atoms with E-state index in [0.29, 0.717) is 47.9 Å². The third-order valence-electron chi connectivity index (χ3n) is 17.0. The van der Waals surface area contributed by atoms with Crippen LogP contribution in [0, 0.1) is 56.2 Å². The summed E-state index contributed by atoms with van der Waals surface area (Å²) in [6.07, 6.45) is 14.0. The minimum absolute atomic E-state index is 0.0000299. The van der Waals surface area contributed by atoms with E-state index in [2.05, 4.69) is 63.8 Å². The quantitative estimate of drug-likeness (QED) is 0.225. The van der Waals surface area contributed by atoms with Gasteiger partial charge >= 0.3 is 11.9 Å². The van der Waals surface area contributed by atoms with Gasteiger partial charge in [-0.3, -0.25) is 19.2 Å². The lowest BCUT2D eigenvalue weighted by Crippen LogP contribution is -2.65. The summed E-state index contributed by atoms with van der Waals surface area (Å²) in [5.74, 6) is 0.773. The molecule has 5 saturated carbocycles. The molecule has 1 heterocycles. The molecule has 2 N–H and O–H groups in total. The average molecular weight is 778 g/mol. The van der Waals surface area contributed by atoms with E-state index in [1.165, 1.54) is 5.57 Å². The van der Waals surface area contributed by atoms with Crippen molar-refractivity contribution < 1.29 is 29.0 Å². The van der Waals surface area contributed by atoms with Gasteiger partial charge in [-0.15, -0.1) is 0 Å². The molecule has 3 unspecified atom stereocenters. The average Bonchev–Trinajstić information content (AvgIpc) is 3.80.